The van der Waals surface area contributed by atoms with Crippen LogP contribution in [0, 0.1) is 17.1 Å². The minimum absolute atomic E-state index is 0.0236. The Bertz CT molecular complexity index is 1380. The molecule has 0 spiro atoms. The van der Waals surface area contributed by atoms with Crippen LogP contribution in [0.4, 0.5) is 22.0 Å². The zero-order valence-corrected chi connectivity index (χ0v) is 16.2. The second-order valence-electron chi connectivity index (χ2n) is 6.64. The van der Waals surface area contributed by atoms with Crippen molar-refractivity contribution in [3.05, 3.63) is 76.1 Å². The Hall–Kier alpha value is -4.52. The van der Waals surface area contributed by atoms with Gasteiger partial charge in [-0.15, -0.1) is 0 Å². The van der Waals surface area contributed by atoms with E-state index in [2.05, 4.69) is 20.3 Å². The third-order valence-corrected chi connectivity index (χ3v) is 4.62. The van der Waals surface area contributed by atoms with Crippen LogP contribution in [-0.2, 0) is 6.42 Å². The Balaban J connectivity index is 1.73. The summed E-state index contributed by atoms with van der Waals surface area (Å²) in [6.07, 6.45) is 0.298. The highest BCUT2D eigenvalue weighted by atomic mass is 19.1. The van der Waals surface area contributed by atoms with E-state index < -0.39 is 5.82 Å². The molecule has 2 aromatic carbocycles. The Morgan fingerprint density at radius 1 is 1.10 bits per heavy atom. The van der Waals surface area contributed by atoms with Gasteiger partial charge in [0.05, 0.1) is 16.6 Å². The number of nitrogens with zero attached hydrogens (tertiary/aromatic N) is 5. The number of rotatable bonds is 5. The predicted octanol–water partition coefficient (Wildman–Crippen LogP) is 2.01. The highest BCUT2D eigenvalue weighted by Crippen LogP contribution is 2.19. The lowest BCUT2D eigenvalue weighted by Gasteiger charge is -2.15. The van der Waals surface area contributed by atoms with Gasteiger partial charge in [0, 0.05) is 13.0 Å². The van der Waals surface area contributed by atoms with Crippen LogP contribution in [-0.4, -0.2) is 26.1 Å². The molecule has 0 amide bonds. The van der Waals surface area contributed by atoms with Crippen molar-refractivity contribution in [2.24, 2.45) is 0 Å². The second-order valence-corrected chi connectivity index (χ2v) is 6.64. The summed E-state index contributed by atoms with van der Waals surface area (Å²) in [6, 6.07) is 14.8. The fourth-order valence-electron chi connectivity index (χ4n) is 3.24. The molecule has 0 unspecified atom stereocenters. The lowest BCUT2D eigenvalue weighted by molar-refractivity contribution is 0.629. The van der Waals surface area contributed by atoms with Crippen LogP contribution in [0.1, 0.15) is 11.4 Å². The molecule has 0 bridgehead atoms. The Labute approximate surface area is 175 Å². The molecule has 0 atom stereocenters. The van der Waals surface area contributed by atoms with Gasteiger partial charge in [0.25, 0.3) is 5.56 Å². The maximum absolute atomic E-state index is 13.7. The number of anilines is 3. The number of halogens is 1. The molecule has 10 heteroatoms. The molecule has 2 aromatic heterocycles. The number of aromatic nitrogens is 4. The fraction of sp³-hybridized carbons (Fsp3) is 0.0952. The van der Waals surface area contributed by atoms with Gasteiger partial charge in [-0.05, 0) is 30.3 Å². The molecular formula is C21H17FN8O. The van der Waals surface area contributed by atoms with Crippen molar-refractivity contribution in [3.63, 3.8) is 0 Å². The quantitative estimate of drug-likeness (QED) is 0.447. The highest BCUT2D eigenvalue weighted by molar-refractivity contribution is 5.78. The minimum Gasteiger partial charge on any atom is -0.382 e. The van der Waals surface area contributed by atoms with Gasteiger partial charge in [0.15, 0.2) is 5.82 Å². The molecule has 0 fully saturated rings. The fourth-order valence-corrected chi connectivity index (χ4v) is 3.24. The average Bonchev–Trinajstić information content (AvgIpc) is 2.75. The number of nitrogen functional groups attached to an aromatic ring is 2. The third-order valence-electron chi connectivity index (χ3n) is 4.62. The van der Waals surface area contributed by atoms with Crippen molar-refractivity contribution in [1.82, 2.24) is 19.5 Å². The first-order valence-corrected chi connectivity index (χ1v) is 9.31. The predicted molar refractivity (Wildman–Crippen MR) is 115 cm³/mol. The first kappa shape index (κ1) is 19.8. The zero-order chi connectivity index (χ0) is 22.0. The van der Waals surface area contributed by atoms with Crippen molar-refractivity contribution >= 4 is 28.5 Å². The maximum atomic E-state index is 13.7. The number of fused-ring (bicyclic) bond motifs is 1. The Kier molecular flexibility index (Phi) is 5.15. The molecule has 0 aliphatic heterocycles. The van der Waals surface area contributed by atoms with Gasteiger partial charge < -0.3 is 16.8 Å². The second kappa shape index (κ2) is 8.08. The average molecular weight is 416 g/mol. The van der Waals surface area contributed by atoms with Crippen LogP contribution >= 0.6 is 0 Å². The SMILES string of the molecule is N#Cc1c(N)nc(N)nc1NCCc1nc2ccc(F)cc2c(=O)n1-c1ccccc1. The molecule has 4 rings (SSSR count). The lowest BCUT2D eigenvalue weighted by atomic mass is 10.2. The normalized spacial score (nSPS) is 10.7. The van der Waals surface area contributed by atoms with Gasteiger partial charge in [-0.1, -0.05) is 18.2 Å². The van der Waals surface area contributed by atoms with E-state index in [4.69, 9.17) is 11.5 Å². The first-order valence-electron chi connectivity index (χ1n) is 9.31. The summed E-state index contributed by atoms with van der Waals surface area (Å²) in [6.45, 7) is 0.274. The largest absolute Gasteiger partial charge is 0.382 e. The smallest absolute Gasteiger partial charge is 0.266 e. The number of nitrogens with one attached hydrogen (secondary N) is 1. The third kappa shape index (κ3) is 3.84. The molecule has 4 aromatic rings. The van der Waals surface area contributed by atoms with Crippen LogP contribution < -0.4 is 22.3 Å². The van der Waals surface area contributed by atoms with E-state index in [1.807, 2.05) is 12.1 Å². The van der Waals surface area contributed by atoms with Gasteiger partial charge >= 0.3 is 0 Å². The van der Waals surface area contributed by atoms with Crippen LogP contribution in [0.3, 0.4) is 0 Å². The van der Waals surface area contributed by atoms with E-state index >= 15 is 0 Å². The number of hydrogen-bond acceptors (Lipinski definition) is 8. The monoisotopic (exact) mass is 416 g/mol. The van der Waals surface area contributed by atoms with E-state index in [9.17, 15) is 14.4 Å². The Morgan fingerprint density at radius 3 is 2.61 bits per heavy atom. The maximum Gasteiger partial charge on any atom is 0.266 e. The summed E-state index contributed by atoms with van der Waals surface area (Å²) in [7, 11) is 0. The van der Waals surface area contributed by atoms with E-state index in [-0.39, 0.29) is 40.6 Å². The molecule has 31 heavy (non-hydrogen) atoms. The molecular weight excluding hydrogens is 399 g/mol. The molecule has 0 aliphatic carbocycles. The number of para-hydroxylation sites is 1. The lowest BCUT2D eigenvalue weighted by Crippen LogP contribution is -2.25. The molecule has 5 N–H and O–H groups in total. The van der Waals surface area contributed by atoms with Crippen molar-refractivity contribution in [2.75, 3.05) is 23.3 Å². The Morgan fingerprint density at radius 2 is 1.87 bits per heavy atom. The summed E-state index contributed by atoms with van der Waals surface area (Å²) in [5.74, 6) is 0.0549. The van der Waals surface area contributed by atoms with Gasteiger partial charge in [-0.25, -0.2) is 9.37 Å². The zero-order valence-electron chi connectivity index (χ0n) is 16.2. The number of benzene rings is 2. The van der Waals surface area contributed by atoms with Crippen molar-refractivity contribution < 1.29 is 4.39 Å². The van der Waals surface area contributed by atoms with Crippen molar-refractivity contribution in [3.8, 4) is 11.8 Å². The van der Waals surface area contributed by atoms with E-state index in [0.717, 1.165) is 0 Å². The minimum atomic E-state index is -0.511. The van der Waals surface area contributed by atoms with Crippen molar-refractivity contribution in [2.45, 2.75) is 6.42 Å². The van der Waals surface area contributed by atoms with E-state index in [0.29, 0.717) is 23.4 Å². The molecule has 0 radical (unpaired) electrons. The summed E-state index contributed by atoms with van der Waals surface area (Å²) in [5.41, 5.74) is 12.0. The van der Waals surface area contributed by atoms with E-state index in [1.54, 1.807) is 24.3 Å². The van der Waals surface area contributed by atoms with Gasteiger partial charge in [-0.2, -0.15) is 15.2 Å². The number of hydrogen-bond donors (Lipinski definition) is 3. The molecule has 0 aliphatic rings. The van der Waals surface area contributed by atoms with Crippen LogP contribution in [0.2, 0.25) is 0 Å². The topological polar surface area (TPSA) is 149 Å². The van der Waals surface area contributed by atoms with Gasteiger partial charge in [0.1, 0.15) is 29.1 Å². The number of nitriles is 1. The summed E-state index contributed by atoms with van der Waals surface area (Å²) in [5, 5.41) is 12.5. The molecule has 154 valence electrons. The van der Waals surface area contributed by atoms with Crippen LogP contribution in [0.5, 0.6) is 0 Å². The molecule has 0 saturated carbocycles. The number of nitrogens with two attached hydrogens (primary N) is 2. The highest BCUT2D eigenvalue weighted by Gasteiger charge is 2.15. The first-order chi connectivity index (χ1) is 15.0. The molecule has 9 nitrogen and oxygen atoms in total. The van der Waals surface area contributed by atoms with Crippen LogP contribution in [0.15, 0.2) is 53.3 Å². The summed E-state index contributed by atoms with van der Waals surface area (Å²) < 4.78 is 15.2. The van der Waals surface area contributed by atoms with Crippen LogP contribution in [0.25, 0.3) is 16.6 Å². The molecule has 0 saturated heterocycles. The summed E-state index contributed by atoms with van der Waals surface area (Å²) >= 11 is 0. The summed E-state index contributed by atoms with van der Waals surface area (Å²) in [4.78, 5) is 25.5. The van der Waals surface area contributed by atoms with E-state index in [1.165, 1.54) is 22.8 Å². The standard InChI is InChI=1S/C21H17FN8O/c22-12-6-7-16-14(10-12)20(31)30(13-4-2-1-3-5-13)17(27-16)8-9-26-19-15(11-23)18(24)28-21(25)29-19/h1-7,10H,8-9H2,(H5,24,25,26,28,29). The molecule has 2 heterocycles. The van der Waals surface area contributed by atoms with Gasteiger partial charge in [-0.3, -0.25) is 9.36 Å². The van der Waals surface area contributed by atoms with Crippen molar-refractivity contribution in [1.29, 1.82) is 5.26 Å². The van der Waals surface area contributed by atoms with Gasteiger partial charge in [0.2, 0.25) is 5.95 Å².